The van der Waals surface area contributed by atoms with Gasteiger partial charge < -0.3 is 10.2 Å². The maximum absolute atomic E-state index is 13.7. The summed E-state index contributed by atoms with van der Waals surface area (Å²) in [5.74, 6) is -0.385. The molecule has 0 spiro atoms. The zero-order chi connectivity index (χ0) is 15.2. The molecular weight excluding hydrogens is 272 g/mol. The summed E-state index contributed by atoms with van der Waals surface area (Å²) in [5.41, 5.74) is 1.34. The van der Waals surface area contributed by atoms with Crippen molar-refractivity contribution < 1.29 is 17.6 Å². The Balaban J connectivity index is 2.61. The van der Waals surface area contributed by atoms with E-state index in [0.29, 0.717) is 12.1 Å². The first-order valence-electron chi connectivity index (χ1n) is 6.55. The molecule has 0 aliphatic carbocycles. The lowest BCUT2D eigenvalue weighted by Crippen LogP contribution is -2.24. The number of nitrogens with one attached hydrogen (secondary N) is 1. The standard InChI is InChI=1S/C14H20F4N2/c1-3-19-9-11-4-5-13(15)12(8-11)10-20(2)7-6-14(16,17)18/h4-5,8,19H,3,6-7,9-10H2,1-2H3. The van der Waals surface area contributed by atoms with Gasteiger partial charge in [-0.2, -0.15) is 13.2 Å². The lowest BCUT2D eigenvalue weighted by atomic mass is 10.1. The van der Waals surface area contributed by atoms with Gasteiger partial charge in [0.1, 0.15) is 5.82 Å². The van der Waals surface area contributed by atoms with E-state index < -0.39 is 12.6 Å². The van der Waals surface area contributed by atoms with Crippen LogP contribution in [0.1, 0.15) is 24.5 Å². The molecule has 0 aliphatic heterocycles. The molecule has 0 aliphatic rings. The van der Waals surface area contributed by atoms with Crippen molar-refractivity contribution in [2.45, 2.75) is 32.6 Å². The van der Waals surface area contributed by atoms with Gasteiger partial charge >= 0.3 is 6.18 Å². The molecule has 1 N–H and O–H groups in total. The molecule has 0 amide bonds. The molecule has 0 saturated carbocycles. The van der Waals surface area contributed by atoms with Crippen molar-refractivity contribution in [3.8, 4) is 0 Å². The van der Waals surface area contributed by atoms with Crippen LogP contribution in [0.15, 0.2) is 18.2 Å². The molecule has 0 bridgehead atoms. The number of benzene rings is 1. The highest BCUT2D eigenvalue weighted by Gasteiger charge is 2.27. The lowest BCUT2D eigenvalue weighted by Gasteiger charge is -2.18. The van der Waals surface area contributed by atoms with E-state index in [0.717, 1.165) is 12.1 Å². The van der Waals surface area contributed by atoms with E-state index in [1.807, 2.05) is 6.92 Å². The Morgan fingerprint density at radius 1 is 1.25 bits per heavy atom. The van der Waals surface area contributed by atoms with E-state index in [1.54, 1.807) is 19.2 Å². The first-order chi connectivity index (χ1) is 9.31. The maximum Gasteiger partial charge on any atom is 0.390 e. The molecule has 6 heteroatoms. The summed E-state index contributed by atoms with van der Waals surface area (Å²) >= 11 is 0. The van der Waals surface area contributed by atoms with E-state index in [-0.39, 0.29) is 18.9 Å². The van der Waals surface area contributed by atoms with Crippen molar-refractivity contribution in [2.24, 2.45) is 0 Å². The fourth-order valence-corrected chi connectivity index (χ4v) is 1.82. The highest BCUT2D eigenvalue weighted by atomic mass is 19.4. The Kier molecular flexibility index (Phi) is 6.42. The summed E-state index contributed by atoms with van der Waals surface area (Å²) in [5, 5.41) is 3.12. The topological polar surface area (TPSA) is 15.3 Å². The second-order valence-electron chi connectivity index (χ2n) is 4.81. The fourth-order valence-electron chi connectivity index (χ4n) is 1.82. The molecule has 0 fully saturated rings. The smallest absolute Gasteiger partial charge is 0.313 e. The predicted molar refractivity (Wildman–Crippen MR) is 70.8 cm³/mol. The third kappa shape index (κ3) is 6.34. The molecule has 1 rings (SSSR count). The van der Waals surface area contributed by atoms with Crippen LogP contribution >= 0.6 is 0 Å². The van der Waals surface area contributed by atoms with Crippen LogP contribution in [0.25, 0.3) is 0 Å². The van der Waals surface area contributed by atoms with Crippen LogP contribution in [-0.4, -0.2) is 31.2 Å². The Morgan fingerprint density at radius 3 is 2.55 bits per heavy atom. The number of hydrogen-bond donors (Lipinski definition) is 1. The molecule has 0 unspecified atom stereocenters. The highest BCUT2D eigenvalue weighted by molar-refractivity contribution is 5.25. The molecule has 2 nitrogen and oxygen atoms in total. The van der Waals surface area contributed by atoms with Crippen LogP contribution in [0, 0.1) is 5.82 Å². The fraction of sp³-hybridized carbons (Fsp3) is 0.571. The number of rotatable bonds is 7. The molecule has 114 valence electrons. The van der Waals surface area contributed by atoms with Crippen molar-refractivity contribution in [1.29, 1.82) is 0 Å². The van der Waals surface area contributed by atoms with E-state index >= 15 is 0 Å². The van der Waals surface area contributed by atoms with Gasteiger partial charge in [-0.15, -0.1) is 0 Å². The molecule has 1 aromatic rings. The number of hydrogen-bond acceptors (Lipinski definition) is 2. The first kappa shape index (κ1) is 16.9. The van der Waals surface area contributed by atoms with Crippen LogP contribution in [-0.2, 0) is 13.1 Å². The summed E-state index contributed by atoms with van der Waals surface area (Å²) in [4.78, 5) is 1.48. The number of halogens is 4. The third-order valence-electron chi connectivity index (χ3n) is 2.91. The lowest BCUT2D eigenvalue weighted by molar-refractivity contribution is -0.137. The minimum absolute atomic E-state index is 0.139. The Morgan fingerprint density at radius 2 is 1.95 bits per heavy atom. The van der Waals surface area contributed by atoms with E-state index in [4.69, 9.17) is 0 Å². The molecule has 0 radical (unpaired) electrons. The second kappa shape index (κ2) is 7.59. The van der Waals surface area contributed by atoms with Gasteiger partial charge in [0.05, 0.1) is 6.42 Å². The predicted octanol–water partition coefficient (Wildman–Crippen LogP) is 3.32. The zero-order valence-corrected chi connectivity index (χ0v) is 11.7. The van der Waals surface area contributed by atoms with E-state index in [1.165, 1.54) is 11.0 Å². The molecule has 20 heavy (non-hydrogen) atoms. The van der Waals surface area contributed by atoms with Gasteiger partial charge in [0.2, 0.25) is 0 Å². The molecule has 0 aromatic heterocycles. The van der Waals surface area contributed by atoms with Crippen molar-refractivity contribution >= 4 is 0 Å². The Labute approximate surface area is 116 Å². The van der Waals surface area contributed by atoms with Gasteiger partial charge in [-0.1, -0.05) is 19.1 Å². The monoisotopic (exact) mass is 292 g/mol. The minimum Gasteiger partial charge on any atom is -0.313 e. The van der Waals surface area contributed by atoms with Gasteiger partial charge in [-0.3, -0.25) is 0 Å². The van der Waals surface area contributed by atoms with Gasteiger partial charge in [0.25, 0.3) is 0 Å². The summed E-state index contributed by atoms with van der Waals surface area (Å²) in [7, 11) is 1.56. The van der Waals surface area contributed by atoms with Gasteiger partial charge in [-0.05, 0) is 25.2 Å². The average molecular weight is 292 g/mol. The molecule has 0 atom stereocenters. The van der Waals surface area contributed by atoms with Crippen LogP contribution in [0.3, 0.4) is 0 Å². The number of alkyl halides is 3. The third-order valence-corrected chi connectivity index (χ3v) is 2.91. The van der Waals surface area contributed by atoms with Crippen molar-refractivity contribution in [3.63, 3.8) is 0 Å². The van der Waals surface area contributed by atoms with Crippen molar-refractivity contribution in [1.82, 2.24) is 10.2 Å². The number of nitrogens with zero attached hydrogens (tertiary/aromatic N) is 1. The molecule has 0 saturated heterocycles. The second-order valence-corrected chi connectivity index (χ2v) is 4.81. The van der Waals surface area contributed by atoms with Crippen molar-refractivity contribution in [3.05, 3.63) is 35.1 Å². The highest BCUT2D eigenvalue weighted by Crippen LogP contribution is 2.20. The summed E-state index contributed by atoms with van der Waals surface area (Å²) in [6, 6.07) is 4.74. The van der Waals surface area contributed by atoms with Crippen LogP contribution in [0.4, 0.5) is 17.6 Å². The Hall–Kier alpha value is -1.14. The van der Waals surface area contributed by atoms with Gasteiger partial charge in [0.15, 0.2) is 0 Å². The zero-order valence-electron chi connectivity index (χ0n) is 11.7. The summed E-state index contributed by atoms with van der Waals surface area (Å²) in [6.45, 7) is 3.42. The van der Waals surface area contributed by atoms with Crippen LogP contribution < -0.4 is 5.32 Å². The van der Waals surface area contributed by atoms with Gasteiger partial charge in [0, 0.05) is 25.2 Å². The van der Waals surface area contributed by atoms with E-state index in [9.17, 15) is 17.6 Å². The largest absolute Gasteiger partial charge is 0.390 e. The van der Waals surface area contributed by atoms with E-state index in [2.05, 4.69) is 5.32 Å². The van der Waals surface area contributed by atoms with Gasteiger partial charge in [-0.25, -0.2) is 4.39 Å². The maximum atomic E-state index is 13.7. The summed E-state index contributed by atoms with van der Waals surface area (Å²) < 4.78 is 50.0. The Bertz CT molecular complexity index is 418. The molecule has 1 aromatic carbocycles. The van der Waals surface area contributed by atoms with Crippen LogP contribution in [0.5, 0.6) is 0 Å². The molecular formula is C14H20F4N2. The quantitative estimate of drug-likeness (QED) is 0.776. The summed E-state index contributed by atoms with van der Waals surface area (Å²) in [6.07, 6.45) is -5.07. The van der Waals surface area contributed by atoms with Crippen LogP contribution in [0.2, 0.25) is 0 Å². The van der Waals surface area contributed by atoms with Crippen molar-refractivity contribution in [2.75, 3.05) is 20.1 Å². The first-order valence-corrected chi connectivity index (χ1v) is 6.55. The SMILES string of the molecule is CCNCc1ccc(F)c(CN(C)CCC(F)(F)F)c1. The normalized spacial score (nSPS) is 12.2. The minimum atomic E-state index is -4.18. The molecule has 0 heterocycles. The average Bonchev–Trinajstić information content (AvgIpc) is 2.36.